The maximum atomic E-state index is 12.2. The first-order chi connectivity index (χ1) is 9.55. The molecule has 0 atom stereocenters. The van der Waals surface area contributed by atoms with Crippen molar-refractivity contribution in [2.24, 2.45) is 5.92 Å². The van der Waals surface area contributed by atoms with Crippen LogP contribution in [0.4, 0.5) is 0 Å². The number of aryl methyl sites for hydroxylation is 1. The van der Waals surface area contributed by atoms with Crippen LogP contribution < -0.4 is 4.72 Å². The lowest BCUT2D eigenvalue weighted by atomic mass is 10.00. The molecule has 0 saturated carbocycles. The van der Waals surface area contributed by atoms with Gasteiger partial charge in [0.1, 0.15) is 0 Å². The van der Waals surface area contributed by atoms with Gasteiger partial charge in [-0.25, -0.2) is 0 Å². The molecule has 0 spiro atoms. The Balaban J connectivity index is 1.88. The van der Waals surface area contributed by atoms with E-state index in [9.17, 15) is 8.42 Å². The second-order valence-electron chi connectivity index (χ2n) is 5.07. The quantitative estimate of drug-likeness (QED) is 0.832. The van der Waals surface area contributed by atoms with E-state index in [0.29, 0.717) is 19.6 Å². The number of nitrogens with zero attached hydrogens (tertiary/aromatic N) is 1. The molecule has 1 aromatic heterocycles. The lowest BCUT2D eigenvalue weighted by molar-refractivity contribution is 0.169. The van der Waals surface area contributed by atoms with E-state index in [1.165, 1.54) is 9.18 Å². The van der Waals surface area contributed by atoms with E-state index < -0.39 is 10.2 Å². The molecule has 1 saturated heterocycles. The maximum Gasteiger partial charge on any atom is 0.279 e. The van der Waals surface area contributed by atoms with Gasteiger partial charge in [-0.05, 0) is 37.3 Å². The largest absolute Gasteiger partial charge is 0.396 e. The van der Waals surface area contributed by atoms with Gasteiger partial charge in [-0.2, -0.15) is 17.4 Å². The number of hydrogen-bond donors (Lipinski definition) is 2. The molecule has 1 aromatic rings. The number of rotatable bonds is 6. The van der Waals surface area contributed by atoms with Crippen LogP contribution in [0, 0.1) is 5.92 Å². The fourth-order valence-electron chi connectivity index (χ4n) is 2.29. The molecule has 1 fully saturated rings. The topological polar surface area (TPSA) is 69.6 Å². The van der Waals surface area contributed by atoms with E-state index in [2.05, 4.69) is 11.6 Å². The van der Waals surface area contributed by atoms with E-state index >= 15 is 0 Å². The van der Waals surface area contributed by atoms with Gasteiger partial charge < -0.3 is 5.11 Å². The number of thiophene rings is 1. The zero-order valence-electron chi connectivity index (χ0n) is 11.7. The van der Waals surface area contributed by atoms with Crippen molar-refractivity contribution < 1.29 is 13.5 Å². The summed E-state index contributed by atoms with van der Waals surface area (Å²) < 4.78 is 28.5. The van der Waals surface area contributed by atoms with Gasteiger partial charge in [0.15, 0.2) is 0 Å². The number of aliphatic hydroxyl groups excluding tert-OH is 1. The Morgan fingerprint density at radius 2 is 2.00 bits per heavy atom. The Kier molecular flexibility index (Phi) is 5.57. The molecule has 0 amide bonds. The predicted octanol–water partition coefficient (Wildman–Crippen LogP) is 1.35. The molecule has 0 aromatic carbocycles. The third kappa shape index (κ3) is 4.02. The Bertz CT molecular complexity index is 519. The molecule has 20 heavy (non-hydrogen) atoms. The lowest BCUT2D eigenvalue weighted by Crippen LogP contribution is -2.45. The highest BCUT2D eigenvalue weighted by Gasteiger charge is 2.27. The smallest absolute Gasteiger partial charge is 0.279 e. The molecule has 114 valence electrons. The predicted molar refractivity (Wildman–Crippen MR) is 80.8 cm³/mol. The van der Waals surface area contributed by atoms with E-state index in [0.717, 1.165) is 24.1 Å². The van der Waals surface area contributed by atoms with Crippen LogP contribution in [-0.2, 0) is 23.2 Å². The molecule has 5 nitrogen and oxygen atoms in total. The Morgan fingerprint density at radius 1 is 1.35 bits per heavy atom. The molecule has 1 aliphatic heterocycles. The number of hydrogen-bond acceptors (Lipinski definition) is 4. The van der Waals surface area contributed by atoms with Crippen molar-refractivity contribution in [3.05, 3.63) is 21.9 Å². The highest BCUT2D eigenvalue weighted by Crippen LogP contribution is 2.20. The van der Waals surface area contributed by atoms with Crippen molar-refractivity contribution in [3.8, 4) is 0 Å². The minimum absolute atomic E-state index is 0.149. The minimum atomic E-state index is -3.40. The normalized spacial score (nSPS) is 18.5. The zero-order valence-corrected chi connectivity index (χ0v) is 13.3. The Hall–Kier alpha value is -0.470. The Labute approximate surface area is 124 Å². The second-order valence-corrected chi connectivity index (χ2v) is 8.08. The highest BCUT2D eigenvalue weighted by atomic mass is 32.2. The van der Waals surface area contributed by atoms with Gasteiger partial charge in [-0.1, -0.05) is 6.92 Å². The second kappa shape index (κ2) is 7.00. The summed E-state index contributed by atoms with van der Waals surface area (Å²) in [6.45, 7) is 3.57. The number of piperidine rings is 1. The first-order valence-electron chi connectivity index (χ1n) is 6.98. The van der Waals surface area contributed by atoms with E-state index in [-0.39, 0.29) is 12.5 Å². The fraction of sp³-hybridized carbons (Fsp3) is 0.692. The monoisotopic (exact) mass is 318 g/mol. The van der Waals surface area contributed by atoms with E-state index in [1.54, 1.807) is 11.3 Å². The van der Waals surface area contributed by atoms with Gasteiger partial charge in [0.05, 0.1) is 0 Å². The summed E-state index contributed by atoms with van der Waals surface area (Å²) in [5, 5.41) is 9.08. The maximum absolute atomic E-state index is 12.2. The Morgan fingerprint density at radius 3 is 2.55 bits per heavy atom. The molecule has 0 bridgehead atoms. The summed E-state index contributed by atoms with van der Waals surface area (Å²) in [6, 6.07) is 4.02. The zero-order chi connectivity index (χ0) is 14.6. The fourth-order valence-corrected chi connectivity index (χ4v) is 4.49. The summed E-state index contributed by atoms with van der Waals surface area (Å²) in [7, 11) is -3.40. The van der Waals surface area contributed by atoms with Crippen LogP contribution in [0.2, 0.25) is 0 Å². The lowest BCUT2D eigenvalue weighted by Gasteiger charge is -2.30. The summed E-state index contributed by atoms with van der Waals surface area (Å²) >= 11 is 1.65. The van der Waals surface area contributed by atoms with Crippen LogP contribution in [0.25, 0.3) is 0 Å². The third-order valence-electron chi connectivity index (χ3n) is 3.67. The van der Waals surface area contributed by atoms with Gasteiger partial charge in [-0.3, -0.25) is 0 Å². The van der Waals surface area contributed by atoms with Crippen LogP contribution in [0.15, 0.2) is 12.1 Å². The van der Waals surface area contributed by atoms with Crippen molar-refractivity contribution in [2.45, 2.75) is 32.7 Å². The van der Waals surface area contributed by atoms with Crippen molar-refractivity contribution in [1.29, 1.82) is 0 Å². The minimum Gasteiger partial charge on any atom is -0.396 e. The SMILES string of the molecule is CCc1ccc(CNS(=O)(=O)N2CCC(CO)CC2)s1. The highest BCUT2D eigenvalue weighted by molar-refractivity contribution is 7.87. The van der Waals surface area contributed by atoms with Gasteiger partial charge in [0, 0.05) is 36.0 Å². The molecule has 2 N–H and O–H groups in total. The number of aliphatic hydroxyl groups is 1. The average Bonchev–Trinajstić information content (AvgIpc) is 2.93. The summed E-state index contributed by atoms with van der Waals surface area (Å²) in [5.41, 5.74) is 0. The van der Waals surface area contributed by atoms with Crippen LogP contribution >= 0.6 is 11.3 Å². The van der Waals surface area contributed by atoms with Crippen LogP contribution in [-0.4, -0.2) is 37.5 Å². The van der Waals surface area contributed by atoms with Crippen LogP contribution in [0.3, 0.4) is 0 Å². The van der Waals surface area contributed by atoms with Gasteiger partial charge >= 0.3 is 0 Å². The summed E-state index contributed by atoms with van der Waals surface area (Å²) in [5.74, 6) is 0.242. The summed E-state index contributed by atoms with van der Waals surface area (Å²) in [6.07, 6.45) is 2.44. The van der Waals surface area contributed by atoms with Crippen molar-refractivity contribution in [1.82, 2.24) is 9.03 Å². The molecule has 7 heteroatoms. The number of nitrogens with one attached hydrogen (secondary N) is 1. The van der Waals surface area contributed by atoms with E-state index in [1.807, 2.05) is 12.1 Å². The average molecular weight is 318 g/mol. The first-order valence-corrected chi connectivity index (χ1v) is 9.24. The molecule has 0 unspecified atom stereocenters. The molecular formula is C13H22N2O3S2. The molecular weight excluding hydrogens is 296 g/mol. The van der Waals surface area contributed by atoms with Crippen molar-refractivity contribution >= 4 is 21.5 Å². The van der Waals surface area contributed by atoms with Crippen molar-refractivity contribution in [2.75, 3.05) is 19.7 Å². The molecule has 0 aliphatic carbocycles. The standard InChI is InChI=1S/C13H22N2O3S2/c1-2-12-3-4-13(19-12)9-14-20(17,18)15-7-5-11(10-16)6-8-15/h3-4,11,14,16H,2,5-10H2,1H3. The van der Waals surface area contributed by atoms with E-state index in [4.69, 9.17) is 5.11 Å². The molecule has 2 rings (SSSR count). The first kappa shape index (κ1) is 15.9. The van der Waals surface area contributed by atoms with Gasteiger partial charge in [-0.15, -0.1) is 11.3 Å². The molecule has 1 aliphatic rings. The molecule has 0 radical (unpaired) electrons. The molecule has 2 heterocycles. The van der Waals surface area contributed by atoms with Crippen molar-refractivity contribution in [3.63, 3.8) is 0 Å². The van der Waals surface area contributed by atoms with Gasteiger partial charge in [0.25, 0.3) is 10.2 Å². The van der Waals surface area contributed by atoms with Crippen LogP contribution in [0.1, 0.15) is 29.5 Å². The van der Waals surface area contributed by atoms with Crippen LogP contribution in [0.5, 0.6) is 0 Å². The summed E-state index contributed by atoms with van der Waals surface area (Å²) in [4.78, 5) is 2.30. The third-order valence-corrected chi connectivity index (χ3v) is 6.45. The van der Waals surface area contributed by atoms with Gasteiger partial charge in [0.2, 0.25) is 0 Å².